The zero-order chi connectivity index (χ0) is 95.8. The van der Waals surface area contributed by atoms with Crippen LogP contribution < -0.4 is 49.3 Å². The molecule has 38 nitrogen and oxygen atoms in total. The highest BCUT2D eigenvalue weighted by molar-refractivity contribution is 9.10. The van der Waals surface area contributed by atoms with Crippen LogP contribution in [-0.2, 0) is 113 Å². The summed E-state index contributed by atoms with van der Waals surface area (Å²) in [6, 6.07) is 19.5. The number of carbonyl (C=O) groups is 11. The summed E-state index contributed by atoms with van der Waals surface area (Å²) in [7, 11) is 13.6. The third kappa shape index (κ3) is 29.5. The number of nitrogens with zero attached hydrogens (tertiary/aromatic N) is 11. The summed E-state index contributed by atoms with van der Waals surface area (Å²) in [6.45, 7) is 21.8. The van der Waals surface area contributed by atoms with Crippen molar-refractivity contribution < 1.29 is 85.9 Å². The molecule has 4 aliphatic rings. The average molecular weight is 1940 g/mol. The van der Waals surface area contributed by atoms with Gasteiger partial charge < -0.3 is 53.2 Å². The van der Waals surface area contributed by atoms with Crippen molar-refractivity contribution >= 4 is 148 Å². The molecular formula is C91H125BrClN16O22P. The fourth-order valence-corrected chi connectivity index (χ4v) is 15.3. The maximum atomic E-state index is 13.0. The van der Waals surface area contributed by atoms with Gasteiger partial charge in [-0.05, 0) is 184 Å². The van der Waals surface area contributed by atoms with Crippen LogP contribution in [0.25, 0.3) is 44.1 Å². The predicted octanol–water partition coefficient (Wildman–Crippen LogP) is 7.24. The Morgan fingerprint density at radius 2 is 0.742 bits per heavy atom. The number of aryl methyl sites for hydroxylation is 6. The van der Waals surface area contributed by atoms with Gasteiger partial charge in [0.05, 0.1) is 76.1 Å². The third-order valence-electron chi connectivity index (χ3n) is 21.0. The van der Waals surface area contributed by atoms with Gasteiger partial charge in [0.25, 0.3) is 0 Å². The van der Waals surface area contributed by atoms with Crippen LogP contribution in [0.1, 0.15) is 167 Å². The molecule has 0 spiro atoms. The van der Waals surface area contributed by atoms with Crippen molar-refractivity contribution in [2.75, 3.05) is 107 Å². The quantitative estimate of drug-likeness (QED) is 0.0117. The number of ether oxygens (including phenoxy) is 7. The Bertz CT molecular complexity index is 5860. The van der Waals surface area contributed by atoms with Crippen LogP contribution in [0, 0.1) is 24.2 Å². The van der Waals surface area contributed by atoms with Crippen molar-refractivity contribution in [3.05, 3.63) is 136 Å². The van der Waals surface area contributed by atoms with Crippen LogP contribution in [0.4, 0.5) is 14.4 Å². The first-order valence-electron chi connectivity index (χ1n) is 42.9. The van der Waals surface area contributed by atoms with Crippen molar-refractivity contribution in [3.8, 4) is 24.2 Å². The van der Waals surface area contributed by atoms with Crippen molar-refractivity contribution in [3.63, 3.8) is 0 Å². The van der Waals surface area contributed by atoms with E-state index >= 15 is 0 Å². The number of hydrogen-bond donors (Lipinski definition) is 5. The Hall–Kier alpha value is -11.6. The van der Waals surface area contributed by atoms with Crippen LogP contribution in [0.15, 0.2) is 96.4 Å². The molecule has 8 heterocycles. The highest BCUT2D eigenvalue weighted by Crippen LogP contribution is 2.31. The summed E-state index contributed by atoms with van der Waals surface area (Å²) >= 11 is 3.42. The standard InChI is InChI=1S/C24H34N4O6.C24H30N4O6.C19H26N4O4.C13H12BrN3O3.C11H19NO3.ClH.H3P/c2*1-24(2,3)34-23(32)26(4)13-15-33-14-7-9-16-8-6-10-17-20(16)27(5)22(31)28(17)18-11-12-19(29)25-21(18)30;1-20-10-12-27-11-4-6-13-5-3-7-14-17(13)22(2)19(26)23(14)15-8-9-16(24)21-18(15)25;1-16-11-7(14)3-2-4-8(11)17(13(16)20)9-5-6-10(18)15-12(9)19;1-6-8-14-9-7-12(5)10(13)15-11(2,3)4;;/h6,8,10,18H,7,9,11-15H2,1-5H3,(H,25,29,30);6,8,10,18H,11-15H2,1-5H3,(H,25,29,30);3,5,7,15,20H,4,6,8-12H2,1-2H3,(H,21,24,25);2-4,9H,5-6H2,1H3,(H,15,18,19);1H,7-9H2,2-5H3;1H;1H3. The summed E-state index contributed by atoms with van der Waals surface area (Å²) in [5, 5.41) is 12.3. The molecule has 5 unspecified atom stereocenters. The van der Waals surface area contributed by atoms with Gasteiger partial charge in [-0.25, -0.2) is 33.6 Å². The number of terminal acetylenes is 1. The van der Waals surface area contributed by atoms with E-state index in [-0.39, 0.29) is 126 Å². The molecule has 4 aromatic carbocycles. The zero-order valence-corrected chi connectivity index (χ0v) is 82.0. The van der Waals surface area contributed by atoms with Gasteiger partial charge >= 0.3 is 41.0 Å². The highest BCUT2D eigenvalue weighted by atomic mass is 79.9. The van der Waals surface area contributed by atoms with Crippen LogP contribution in [0.5, 0.6) is 0 Å². The number of hydrogen-bond acceptors (Lipinski definition) is 23. The lowest BCUT2D eigenvalue weighted by molar-refractivity contribution is -0.137. The fraction of sp³-hybridized carbons (Fsp3) is 0.527. The van der Waals surface area contributed by atoms with E-state index in [1.165, 1.54) is 42.1 Å². The van der Waals surface area contributed by atoms with Crippen LogP contribution in [0.3, 0.4) is 0 Å². The number of benzene rings is 4. The summed E-state index contributed by atoms with van der Waals surface area (Å²) in [6.07, 6.45) is 9.02. The number of nitrogens with one attached hydrogen (secondary N) is 5. The number of halogens is 2. The van der Waals surface area contributed by atoms with Gasteiger partial charge in [-0.15, -0.1) is 18.8 Å². The molecule has 11 amide bonds. The molecule has 12 rings (SSSR count). The van der Waals surface area contributed by atoms with Gasteiger partial charge in [0.15, 0.2) is 0 Å². The Kier molecular flexibility index (Phi) is 41.2. The van der Waals surface area contributed by atoms with E-state index in [2.05, 4.69) is 60.3 Å². The zero-order valence-electron chi connectivity index (χ0n) is 78.2. The molecule has 41 heteroatoms. The summed E-state index contributed by atoms with van der Waals surface area (Å²) < 4.78 is 50.4. The number of imide groups is 4. The van der Waals surface area contributed by atoms with E-state index in [1.54, 1.807) is 104 Å². The minimum absolute atomic E-state index is 0. The lowest BCUT2D eigenvalue weighted by atomic mass is 10.0. The number of fused-ring (bicyclic) bond motifs is 4. The number of likely N-dealkylation sites (N-methyl/N-ethyl adjacent to an activating group) is 4. The maximum absolute atomic E-state index is 13.0. The monoisotopic (exact) mass is 1940 g/mol. The Morgan fingerprint density at radius 1 is 0.439 bits per heavy atom. The van der Waals surface area contributed by atoms with Gasteiger partial charge in [0.1, 0.15) is 54.2 Å². The molecule has 5 atom stereocenters. The van der Waals surface area contributed by atoms with E-state index < -0.39 is 70.7 Å². The Labute approximate surface area is 783 Å². The SMILES string of the molecule is C#CCOCCN(C)C(=O)OC(C)(C)C.CN(CCOCC#Cc1cccc2c1n(C)c(=O)n2C1CCC(=O)NC1=O)C(=O)OC(C)(C)C.CN(CCOCCCc1cccc2c1n(C)c(=O)n2C1CCC(=O)NC1=O)C(=O)OC(C)(C)C.CNCCOCCCc1cccc2c1n(C)c(=O)n2C1CCC(=O)NC1=O.Cl.Cn1c(=O)n(C2CCC(=O)NC2=O)c2cccc(Br)c21.P. The molecule has 4 fully saturated rings. The van der Waals surface area contributed by atoms with Crippen molar-refractivity contribution in [1.29, 1.82) is 0 Å². The van der Waals surface area contributed by atoms with Crippen molar-refractivity contribution in [2.24, 2.45) is 28.2 Å². The summed E-state index contributed by atoms with van der Waals surface area (Å²) in [4.78, 5) is 186. The number of rotatable bonds is 26. The molecule has 0 radical (unpaired) electrons. The van der Waals surface area contributed by atoms with Gasteiger partial charge in [0.2, 0.25) is 47.3 Å². The van der Waals surface area contributed by atoms with Gasteiger partial charge in [-0.1, -0.05) is 54.2 Å². The lowest BCUT2D eigenvalue weighted by Gasteiger charge is -2.24. The first kappa shape index (κ1) is 109. The Balaban J connectivity index is 0.000000260. The van der Waals surface area contributed by atoms with Crippen LogP contribution >= 0.6 is 38.2 Å². The molecular weight excluding hydrogens is 1820 g/mol. The lowest BCUT2D eigenvalue weighted by Crippen LogP contribution is -2.44. The number of aromatic nitrogens is 8. The second-order valence-electron chi connectivity index (χ2n) is 34.4. The fourth-order valence-electron chi connectivity index (χ4n) is 14.7. The van der Waals surface area contributed by atoms with E-state index in [9.17, 15) is 71.9 Å². The highest BCUT2D eigenvalue weighted by Gasteiger charge is 2.37. The first-order valence-corrected chi connectivity index (χ1v) is 43.7. The molecule has 0 bridgehead atoms. The number of carbonyl (C=O) groups excluding carboxylic acids is 11. The van der Waals surface area contributed by atoms with Crippen LogP contribution in [0.2, 0.25) is 0 Å². The predicted molar refractivity (Wildman–Crippen MR) is 507 cm³/mol. The molecule has 720 valence electrons. The smallest absolute Gasteiger partial charge is 0.410 e. The molecule has 0 aliphatic carbocycles. The minimum atomic E-state index is -0.748. The average Bonchev–Trinajstić information content (AvgIpc) is 1.62. The molecule has 132 heavy (non-hydrogen) atoms. The molecule has 8 aromatic rings. The molecule has 5 N–H and O–H groups in total. The largest absolute Gasteiger partial charge is 0.444 e. The van der Waals surface area contributed by atoms with E-state index in [0.717, 1.165) is 63.5 Å². The normalized spacial score (nSPS) is 16.1. The van der Waals surface area contributed by atoms with Gasteiger partial charge in [-0.3, -0.25) is 96.2 Å². The van der Waals surface area contributed by atoms with Crippen molar-refractivity contribution in [1.82, 2.24) is 77.8 Å². The first-order chi connectivity index (χ1) is 61.4. The maximum Gasteiger partial charge on any atom is 0.410 e. The van der Waals surface area contributed by atoms with Crippen molar-refractivity contribution in [2.45, 2.75) is 180 Å². The Morgan fingerprint density at radius 3 is 1.08 bits per heavy atom. The van der Waals surface area contributed by atoms with Gasteiger partial charge in [-0.2, -0.15) is 9.90 Å². The summed E-state index contributed by atoms with van der Waals surface area (Å²) in [5.41, 5.74) is 5.59. The number of piperidine rings is 4. The molecule has 4 aliphatic heterocycles. The number of para-hydroxylation sites is 4. The topological polar surface area (TPSA) is 430 Å². The molecule has 4 saturated heterocycles. The van der Waals surface area contributed by atoms with E-state index in [1.807, 2.05) is 97.1 Å². The van der Waals surface area contributed by atoms with Gasteiger partial charge in [0, 0.05) is 119 Å². The number of amides is 11. The van der Waals surface area contributed by atoms with Crippen LogP contribution in [-0.4, -0.2) is 241 Å². The summed E-state index contributed by atoms with van der Waals surface area (Å²) in [5.74, 6) is 5.32. The third-order valence-corrected chi connectivity index (χ3v) is 21.6. The molecule has 4 aromatic heterocycles. The second-order valence-corrected chi connectivity index (χ2v) is 35.3. The minimum Gasteiger partial charge on any atom is -0.444 e. The molecule has 0 saturated carbocycles. The number of imidazole rings is 4. The van der Waals surface area contributed by atoms with E-state index in [0.29, 0.717) is 113 Å². The van der Waals surface area contributed by atoms with E-state index in [4.69, 9.17) is 39.6 Å². The second kappa shape index (κ2) is 49.8.